The summed E-state index contributed by atoms with van der Waals surface area (Å²) in [4.78, 5) is 6.42. The van der Waals surface area contributed by atoms with Crippen LogP contribution in [0.2, 0.25) is 0 Å². The van der Waals surface area contributed by atoms with Crippen molar-refractivity contribution >= 4 is 11.3 Å². The lowest BCUT2D eigenvalue weighted by Crippen LogP contribution is -2.17. The predicted molar refractivity (Wildman–Crippen MR) is 71.2 cm³/mol. The summed E-state index contributed by atoms with van der Waals surface area (Å²) in [7, 11) is 2.05. The van der Waals surface area contributed by atoms with Crippen LogP contribution in [0, 0.1) is 0 Å². The summed E-state index contributed by atoms with van der Waals surface area (Å²) in [6, 6.07) is 2.00. The van der Waals surface area contributed by atoms with Gasteiger partial charge >= 0.3 is 0 Å². The minimum absolute atomic E-state index is 0.747. The average Bonchev–Trinajstić information content (AvgIpc) is 2.98. The van der Waals surface area contributed by atoms with Gasteiger partial charge in [-0.25, -0.2) is 4.98 Å². The van der Waals surface area contributed by atoms with Gasteiger partial charge in [0.2, 0.25) is 0 Å². The lowest BCUT2D eigenvalue weighted by atomic mass is 10.3. The van der Waals surface area contributed by atoms with Gasteiger partial charge in [-0.3, -0.25) is 4.90 Å². The number of hydrogen-bond donors (Lipinski definition) is 1. The van der Waals surface area contributed by atoms with Gasteiger partial charge in [-0.2, -0.15) is 0 Å². The van der Waals surface area contributed by atoms with Crippen LogP contribution in [0.5, 0.6) is 0 Å². The van der Waals surface area contributed by atoms with Gasteiger partial charge in [0.25, 0.3) is 0 Å². The molecule has 0 aliphatic carbocycles. The Morgan fingerprint density at radius 2 is 2.28 bits per heavy atom. The molecule has 1 N–H and O–H groups in total. The molecule has 0 atom stereocenters. The Morgan fingerprint density at radius 1 is 1.39 bits per heavy atom. The average molecular weight is 266 g/mol. The maximum Gasteiger partial charge on any atom is 0.151 e. The maximum absolute atomic E-state index is 5.30. The van der Waals surface area contributed by atoms with Gasteiger partial charge in [0.1, 0.15) is 0 Å². The van der Waals surface area contributed by atoms with E-state index in [1.165, 1.54) is 0 Å². The third kappa shape index (κ3) is 3.90. The molecule has 0 aliphatic rings. The molecule has 5 nitrogen and oxygen atoms in total. The minimum atomic E-state index is 0.747. The third-order valence-electron chi connectivity index (χ3n) is 2.51. The zero-order valence-corrected chi connectivity index (χ0v) is 11.5. The van der Waals surface area contributed by atoms with Crippen molar-refractivity contribution in [2.75, 3.05) is 13.6 Å². The quantitative estimate of drug-likeness (QED) is 0.829. The summed E-state index contributed by atoms with van der Waals surface area (Å²) in [5.41, 5.74) is 3.90. The van der Waals surface area contributed by atoms with Crippen LogP contribution in [0.3, 0.4) is 0 Å². The number of hydrogen-bond acceptors (Lipinski definition) is 6. The molecule has 6 heteroatoms. The molecule has 0 unspecified atom stereocenters. The van der Waals surface area contributed by atoms with Crippen LogP contribution in [-0.2, 0) is 19.6 Å². The van der Waals surface area contributed by atoms with E-state index in [2.05, 4.69) is 32.7 Å². The fourth-order valence-corrected chi connectivity index (χ4v) is 2.23. The molecule has 18 heavy (non-hydrogen) atoms. The zero-order chi connectivity index (χ0) is 12.8. The highest BCUT2D eigenvalue weighted by atomic mass is 32.1. The molecule has 0 radical (unpaired) electrons. The molecule has 0 saturated carbocycles. The molecule has 0 aromatic carbocycles. The molecule has 2 heterocycles. The second-order valence-electron chi connectivity index (χ2n) is 4.22. The summed E-state index contributed by atoms with van der Waals surface area (Å²) < 4.78 is 5.30. The largest absolute Gasteiger partial charge is 0.360 e. The van der Waals surface area contributed by atoms with Crippen LogP contribution in [0.4, 0.5) is 0 Å². The van der Waals surface area contributed by atoms with Crippen molar-refractivity contribution in [3.8, 4) is 0 Å². The van der Waals surface area contributed by atoms with E-state index in [0.717, 1.165) is 43.3 Å². The van der Waals surface area contributed by atoms with E-state index in [9.17, 15) is 0 Å². The van der Waals surface area contributed by atoms with Crippen LogP contribution < -0.4 is 5.32 Å². The van der Waals surface area contributed by atoms with Crippen LogP contribution in [-0.4, -0.2) is 28.6 Å². The second kappa shape index (κ2) is 6.63. The molecule has 0 saturated heterocycles. The number of nitrogens with zero attached hydrogens (tertiary/aromatic N) is 3. The van der Waals surface area contributed by atoms with Crippen LogP contribution in [0.25, 0.3) is 0 Å². The molecule has 0 bridgehead atoms. The first-order chi connectivity index (χ1) is 8.78. The molecule has 2 rings (SSSR count). The van der Waals surface area contributed by atoms with Gasteiger partial charge in [-0.05, 0) is 13.6 Å². The second-order valence-corrected chi connectivity index (χ2v) is 4.94. The molecule has 2 aromatic heterocycles. The SMILES string of the molecule is CCNCc1cc(CN(C)Cc2cscn2)on1. The number of nitrogens with one attached hydrogen (secondary N) is 1. The minimum Gasteiger partial charge on any atom is -0.360 e. The molecule has 0 spiro atoms. The van der Waals surface area contributed by atoms with E-state index in [1.54, 1.807) is 11.3 Å². The highest BCUT2D eigenvalue weighted by molar-refractivity contribution is 7.07. The summed E-state index contributed by atoms with van der Waals surface area (Å²) >= 11 is 1.62. The highest BCUT2D eigenvalue weighted by Gasteiger charge is 2.08. The van der Waals surface area contributed by atoms with Crippen molar-refractivity contribution in [2.24, 2.45) is 0 Å². The van der Waals surface area contributed by atoms with Gasteiger partial charge in [0.05, 0.1) is 23.4 Å². The summed E-state index contributed by atoms with van der Waals surface area (Å²) in [5.74, 6) is 0.889. The molecule has 0 amide bonds. The fraction of sp³-hybridized carbons (Fsp3) is 0.500. The monoisotopic (exact) mass is 266 g/mol. The van der Waals surface area contributed by atoms with Gasteiger partial charge in [0.15, 0.2) is 5.76 Å². The van der Waals surface area contributed by atoms with Gasteiger partial charge in [0, 0.05) is 24.5 Å². The smallest absolute Gasteiger partial charge is 0.151 e. The van der Waals surface area contributed by atoms with Gasteiger partial charge in [-0.15, -0.1) is 11.3 Å². The first-order valence-electron chi connectivity index (χ1n) is 5.98. The highest BCUT2D eigenvalue weighted by Crippen LogP contribution is 2.09. The Kier molecular flexibility index (Phi) is 4.86. The van der Waals surface area contributed by atoms with E-state index < -0.39 is 0 Å². The Bertz CT molecular complexity index is 454. The van der Waals surface area contributed by atoms with Crippen molar-refractivity contribution in [3.05, 3.63) is 34.1 Å². The van der Waals surface area contributed by atoms with Crippen molar-refractivity contribution in [3.63, 3.8) is 0 Å². The van der Waals surface area contributed by atoms with Crippen LogP contribution >= 0.6 is 11.3 Å². The van der Waals surface area contributed by atoms with Crippen LogP contribution in [0.15, 0.2) is 21.5 Å². The normalized spacial score (nSPS) is 11.3. The number of rotatable bonds is 7. The molecular formula is C12H18N4OS. The van der Waals surface area contributed by atoms with Crippen LogP contribution in [0.1, 0.15) is 24.1 Å². The van der Waals surface area contributed by atoms with E-state index in [4.69, 9.17) is 4.52 Å². The summed E-state index contributed by atoms with van der Waals surface area (Å²) in [5, 5.41) is 9.31. The lowest BCUT2D eigenvalue weighted by Gasteiger charge is -2.12. The molecule has 98 valence electrons. The standard InChI is InChI=1S/C12H18N4OS/c1-3-13-5-10-4-12(17-15-10)7-16(2)6-11-8-18-9-14-11/h4,8-9,13H,3,5-7H2,1-2H3. The van der Waals surface area contributed by atoms with Gasteiger partial charge in [-0.1, -0.05) is 12.1 Å². The number of aromatic nitrogens is 2. The van der Waals surface area contributed by atoms with Crippen molar-refractivity contribution < 1.29 is 4.52 Å². The zero-order valence-electron chi connectivity index (χ0n) is 10.7. The fourth-order valence-electron chi connectivity index (χ4n) is 1.68. The Morgan fingerprint density at radius 3 is 3.00 bits per heavy atom. The Balaban J connectivity index is 1.83. The van der Waals surface area contributed by atoms with Crippen molar-refractivity contribution in [2.45, 2.75) is 26.6 Å². The predicted octanol–water partition coefficient (Wildman–Crippen LogP) is 1.87. The van der Waals surface area contributed by atoms with E-state index in [0.29, 0.717) is 0 Å². The summed E-state index contributed by atoms with van der Waals surface area (Å²) in [6.45, 7) is 5.34. The van der Waals surface area contributed by atoms with Crippen molar-refractivity contribution in [1.82, 2.24) is 20.4 Å². The Labute approximate surface area is 111 Å². The first kappa shape index (κ1) is 13.2. The topological polar surface area (TPSA) is 54.2 Å². The molecule has 2 aromatic rings. The molecular weight excluding hydrogens is 248 g/mol. The molecule has 0 fully saturated rings. The van der Waals surface area contributed by atoms with E-state index >= 15 is 0 Å². The molecule has 0 aliphatic heterocycles. The maximum atomic E-state index is 5.30. The summed E-state index contributed by atoms with van der Waals surface area (Å²) in [6.07, 6.45) is 0. The Hall–Kier alpha value is -1.24. The first-order valence-corrected chi connectivity index (χ1v) is 6.93. The van der Waals surface area contributed by atoms with Gasteiger partial charge < -0.3 is 9.84 Å². The lowest BCUT2D eigenvalue weighted by molar-refractivity contribution is 0.263. The number of thiazole rings is 1. The van der Waals surface area contributed by atoms with Crippen molar-refractivity contribution in [1.29, 1.82) is 0 Å². The van der Waals surface area contributed by atoms with E-state index in [1.807, 2.05) is 18.6 Å². The third-order valence-corrected chi connectivity index (χ3v) is 3.14. The van der Waals surface area contributed by atoms with E-state index in [-0.39, 0.29) is 0 Å².